The molecule has 1 amide bonds. The standard InChI is InChI=1S/C14H17N3OS.ClH/c1-10-16-13(9-19-10)11-4-3-5-12(8-11)17-14(18)6-7-15-2;/h3-5,8-9,15H,6-7H2,1-2H3,(H,17,18);1H. The highest BCUT2D eigenvalue weighted by Gasteiger charge is 2.05. The number of benzene rings is 1. The summed E-state index contributed by atoms with van der Waals surface area (Å²) in [6, 6.07) is 7.77. The largest absolute Gasteiger partial charge is 0.326 e. The Hall–Kier alpha value is -1.43. The molecule has 1 heterocycles. The van der Waals surface area contributed by atoms with Gasteiger partial charge >= 0.3 is 0 Å². The molecule has 0 aliphatic carbocycles. The topological polar surface area (TPSA) is 54.0 Å². The van der Waals surface area contributed by atoms with Gasteiger partial charge in [0, 0.05) is 29.6 Å². The van der Waals surface area contributed by atoms with Crippen LogP contribution < -0.4 is 10.6 Å². The van der Waals surface area contributed by atoms with Crippen molar-refractivity contribution in [3.05, 3.63) is 34.7 Å². The quantitative estimate of drug-likeness (QED) is 0.892. The van der Waals surface area contributed by atoms with Crippen molar-refractivity contribution >= 4 is 35.3 Å². The molecule has 2 rings (SSSR count). The van der Waals surface area contributed by atoms with Gasteiger partial charge in [-0.1, -0.05) is 12.1 Å². The highest BCUT2D eigenvalue weighted by Crippen LogP contribution is 2.24. The van der Waals surface area contributed by atoms with Crippen LogP contribution in [0, 0.1) is 6.92 Å². The van der Waals surface area contributed by atoms with E-state index in [1.165, 1.54) is 0 Å². The monoisotopic (exact) mass is 311 g/mol. The summed E-state index contributed by atoms with van der Waals surface area (Å²) in [5, 5.41) is 8.91. The second-order valence-corrected chi connectivity index (χ2v) is 5.30. The smallest absolute Gasteiger partial charge is 0.225 e. The molecule has 0 radical (unpaired) electrons. The van der Waals surface area contributed by atoms with E-state index >= 15 is 0 Å². The maximum absolute atomic E-state index is 11.7. The first-order valence-electron chi connectivity index (χ1n) is 6.16. The first-order chi connectivity index (χ1) is 9.19. The third-order valence-corrected chi connectivity index (χ3v) is 3.44. The summed E-state index contributed by atoms with van der Waals surface area (Å²) >= 11 is 1.62. The summed E-state index contributed by atoms with van der Waals surface area (Å²) in [6.07, 6.45) is 0.469. The molecule has 2 N–H and O–H groups in total. The number of nitrogens with one attached hydrogen (secondary N) is 2. The van der Waals surface area contributed by atoms with Crippen LogP contribution in [0.4, 0.5) is 5.69 Å². The zero-order valence-corrected chi connectivity index (χ0v) is 13.1. The van der Waals surface area contributed by atoms with Crippen LogP contribution in [0.3, 0.4) is 0 Å². The molecule has 0 saturated heterocycles. The molecule has 1 aromatic carbocycles. The van der Waals surface area contributed by atoms with Crippen molar-refractivity contribution in [3.63, 3.8) is 0 Å². The van der Waals surface area contributed by atoms with Crippen LogP contribution in [0.5, 0.6) is 0 Å². The van der Waals surface area contributed by atoms with Gasteiger partial charge in [0.2, 0.25) is 5.91 Å². The first kappa shape index (κ1) is 16.6. The minimum Gasteiger partial charge on any atom is -0.326 e. The highest BCUT2D eigenvalue weighted by molar-refractivity contribution is 7.09. The number of rotatable bonds is 5. The maximum Gasteiger partial charge on any atom is 0.225 e. The number of hydrogen-bond acceptors (Lipinski definition) is 4. The third-order valence-electron chi connectivity index (χ3n) is 2.66. The van der Waals surface area contributed by atoms with Crippen molar-refractivity contribution in [2.45, 2.75) is 13.3 Å². The number of nitrogens with zero attached hydrogens (tertiary/aromatic N) is 1. The first-order valence-corrected chi connectivity index (χ1v) is 7.04. The van der Waals surface area contributed by atoms with Crippen LogP contribution in [0.15, 0.2) is 29.6 Å². The van der Waals surface area contributed by atoms with Gasteiger partial charge in [-0.15, -0.1) is 23.7 Å². The Balaban J connectivity index is 0.00000200. The van der Waals surface area contributed by atoms with E-state index < -0.39 is 0 Å². The Morgan fingerprint density at radius 2 is 2.20 bits per heavy atom. The Kier molecular flexibility index (Phi) is 6.64. The van der Waals surface area contributed by atoms with E-state index in [9.17, 15) is 4.79 Å². The lowest BCUT2D eigenvalue weighted by Crippen LogP contribution is -2.18. The highest BCUT2D eigenvalue weighted by atomic mass is 35.5. The van der Waals surface area contributed by atoms with E-state index in [4.69, 9.17) is 0 Å². The van der Waals surface area contributed by atoms with Crippen LogP contribution in [-0.4, -0.2) is 24.5 Å². The van der Waals surface area contributed by atoms with Crippen molar-refractivity contribution in [1.82, 2.24) is 10.3 Å². The van der Waals surface area contributed by atoms with Gasteiger partial charge in [0.15, 0.2) is 0 Å². The number of thiazole rings is 1. The molecule has 4 nitrogen and oxygen atoms in total. The zero-order valence-electron chi connectivity index (χ0n) is 11.5. The molecule has 0 spiro atoms. The van der Waals surface area contributed by atoms with Crippen molar-refractivity contribution < 1.29 is 4.79 Å². The summed E-state index contributed by atoms with van der Waals surface area (Å²) in [7, 11) is 1.83. The molecule has 0 fully saturated rings. The van der Waals surface area contributed by atoms with E-state index in [0.29, 0.717) is 13.0 Å². The fraction of sp³-hybridized carbons (Fsp3) is 0.286. The molecule has 0 bridgehead atoms. The molecule has 0 aliphatic rings. The lowest BCUT2D eigenvalue weighted by atomic mass is 10.1. The predicted molar refractivity (Wildman–Crippen MR) is 86.7 cm³/mol. The van der Waals surface area contributed by atoms with Gasteiger partial charge in [0.25, 0.3) is 0 Å². The maximum atomic E-state index is 11.7. The summed E-state index contributed by atoms with van der Waals surface area (Å²) < 4.78 is 0. The number of amides is 1. The fourth-order valence-corrected chi connectivity index (χ4v) is 2.34. The van der Waals surface area contributed by atoms with Crippen molar-refractivity contribution in [2.24, 2.45) is 0 Å². The third kappa shape index (κ3) is 4.59. The molecule has 0 aliphatic heterocycles. The van der Waals surface area contributed by atoms with E-state index in [0.717, 1.165) is 22.0 Å². The Morgan fingerprint density at radius 1 is 1.40 bits per heavy atom. The van der Waals surface area contributed by atoms with Gasteiger partial charge in [0.1, 0.15) is 0 Å². The Morgan fingerprint density at radius 3 is 2.85 bits per heavy atom. The lowest BCUT2D eigenvalue weighted by molar-refractivity contribution is -0.116. The number of carbonyl (C=O) groups excluding carboxylic acids is 1. The minimum atomic E-state index is 0. The summed E-state index contributed by atoms with van der Waals surface area (Å²) in [5.41, 5.74) is 2.79. The number of hydrogen-bond donors (Lipinski definition) is 2. The van der Waals surface area contributed by atoms with Crippen LogP contribution in [0.2, 0.25) is 0 Å². The molecule has 1 aromatic heterocycles. The molecule has 20 heavy (non-hydrogen) atoms. The minimum absolute atomic E-state index is 0. The van der Waals surface area contributed by atoms with Crippen LogP contribution in [0.1, 0.15) is 11.4 Å². The zero-order chi connectivity index (χ0) is 13.7. The summed E-state index contributed by atoms with van der Waals surface area (Å²) in [5.74, 6) is 0.0148. The SMILES string of the molecule is CNCCC(=O)Nc1cccc(-c2csc(C)n2)c1.Cl. The number of aromatic nitrogens is 1. The summed E-state index contributed by atoms with van der Waals surface area (Å²) in [6.45, 7) is 2.66. The van der Waals surface area contributed by atoms with Crippen molar-refractivity contribution in [1.29, 1.82) is 0 Å². The molecular weight excluding hydrogens is 294 g/mol. The second-order valence-electron chi connectivity index (χ2n) is 4.23. The molecule has 2 aromatic rings. The van der Waals surface area contributed by atoms with Gasteiger partial charge in [0.05, 0.1) is 10.7 Å². The van der Waals surface area contributed by atoms with Crippen LogP contribution >= 0.6 is 23.7 Å². The van der Waals surface area contributed by atoms with Gasteiger partial charge < -0.3 is 10.6 Å². The molecule has 0 saturated carbocycles. The molecule has 0 unspecified atom stereocenters. The van der Waals surface area contributed by atoms with E-state index in [2.05, 4.69) is 15.6 Å². The molecule has 6 heteroatoms. The van der Waals surface area contributed by atoms with E-state index in [-0.39, 0.29) is 18.3 Å². The van der Waals surface area contributed by atoms with Gasteiger partial charge in [-0.2, -0.15) is 0 Å². The second kappa shape index (κ2) is 7.99. The van der Waals surface area contributed by atoms with Crippen LogP contribution in [0.25, 0.3) is 11.3 Å². The van der Waals surface area contributed by atoms with E-state index in [1.54, 1.807) is 11.3 Å². The lowest BCUT2D eigenvalue weighted by Gasteiger charge is -2.06. The number of carbonyl (C=O) groups is 1. The van der Waals surface area contributed by atoms with Crippen molar-refractivity contribution in [3.8, 4) is 11.3 Å². The van der Waals surface area contributed by atoms with Crippen molar-refractivity contribution in [2.75, 3.05) is 18.9 Å². The Labute approximate surface area is 129 Å². The number of aryl methyl sites for hydroxylation is 1. The van der Waals surface area contributed by atoms with Gasteiger partial charge in [-0.3, -0.25) is 4.79 Å². The van der Waals surface area contributed by atoms with Crippen LogP contribution in [-0.2, 0) is 4.79 Å². The van der Waals surface area contributed by atoms with E-state index in [1.807, 2.05) is 43.6 Å². The average Bonchev–Trinajstić information content (AvgIpc) is 2.83. The molecule has 108 valence electrons. The molecular formula is C14H18ClN3OS. The summed E-state index contributed by atoms with van der Waals surface area (Å²) in [4.78, 5) is 16.1. The van der Waals surface area contributed by atoms with Gasteiger partial charge in [-0.05, 0) is 26.1 Å². The Bertz CT molecular complexity index is 571. The normalized spacial score (nSPS) is 9.90. The average molecular weight is 312 g/mol. The number of halogens is 1. The fourth-order valence-electron chi connectivity index (χ4n) is 1.71. The predicted octanol–water partition coefficient (Wildman–Crippen LogP) is 3.09. The van der Waals surface area contributed by atoms with Gasteiger partial charge in [-0.25, -0.2) is 4.98 Å². The number of anilines is 1. The molecule has 0 atom stereocenters.